The third-order valence-corrected chi connectivity index (χ3v) is 4.11. The predicted molar refractivity (Wildman–Crippen MR) is 64.2 cm³/mol. The van der Waals surface area contributed by atoms with Gasteiger partial charge in [0.15, 0.2) is 0 Å². The van der Waals surface area contributed by atoms with Gasteiger partial charge in [0, 0.05) is 18.5 Å². The Labute approximate surface area is 97.0 Å². The molecule has 1 aliphatic heterocycles. The first kappa shape index (κ1) is 10.3. The van der Waals surface area contributed by atoms with E-state index in [1.54, 1.807) is 0 Å². The van der Waals surface area contributed by atoms with E-state index < -0.39 is 0 Å². The van der Waals surface area contributed by atoms with Crippen molar-refractivity contribution in [3.63, 3.8) is 0 Å². The van der Waals surface area contributed by atoms with Crippen molar-refractivity contribution in [3.05, 3.63) is 17.7 Å². The molecule has 1 aromatic heterocycles. The second kappa shape index (κ2) is 4.21. The maximum absolute atomic E-state index is 6.11. The Hall–Kier alpha value is -0.830. The molecule has 88 valence electrons. The van der Waals surface area contributed by atoms with Crippen molar-refractivity contribution in [1.82, 2.24) is 9.55 Å². The summed E-state index contributed by atoms with van der Waals surface area (Å²) in [5, 5.41) is 0. The fourth-order valence-corrected chi connectivity index (χ4v) is 3.13. The van der Waals surface area contributed by atoms with Crippen LogP contribution in [0.2, 0.25) is 0 Å². The zero-order valence-electron chi connectivity index (χ0n) is 9.86. The van der Waals surface area contributed by atoms with Crippen molar-refractivity contribution in [1.29, 1.82) is 0 Å². The van der Waals surface area contributed by atoms with E-state index in [9.17, 15) is 0 Å². The highest BCUT2D eigenvalue weighted by molar-refractivity contribution is 5.12. The van der Waals surface area contributed by atoms with Gasteiger partial charge in [-0.1, -0.05) is 19.3 Å². The number of nitrogens with two attached hydrogens (primary N) is 1. The molecule has 2 heterocycles. The molecule has 0 bridgehead atoms. The highest BCUT2D eigenvalue weighted by Gasteiger charge is 2.23. The van der Waals surface area contributed by atoms with Gasteiger partial charge in [-0.2, -0.15) is 0 Å². The second-order valence-corrected chi connectivity index (χ2v) is 5.28. The summed E-state index contributed by atoms with van der Waals surface area (Å²) >= 11 is 0. The van der Waals surface area contributed by atoms with E-state index in [0.29, 0.717) is 5.92 Å². The number of nitrogens with zero attached hydrogens (tertiary/aromatic N) is 2. The summed E-state index contributed by atoms with van der Waals surface area (Å²) in [6.07, 6.45) is 12.6. The molecule has 0 aromatic carbocycles. The van der Waals surface area contributed by atoms with Crippen LogP contribution in [0.5, 0.6) is 0 Å². The van der Waals surface area contributed by atoms with Gasteiger partial charge in [0.25, 0.3) is 0 Å². The van der Waals surface area contributed by atoms with Crippen molar-refractivity contribution in [2.45, 2.75) is 63.5 Å². The SMILES string of the molecule is NC1CCCc2nc(C3CCCCC3)cn21. The van der Waals surface area contributed by atoms with Crippen LogP contribution in [0, 0.1) is 0 Å². The number of aromatic nitrogens is 2. The summed E-state index contributed by atoms with van der Waals surface area (Å²) in [5.74, 6) is 1.93. The lowest BCUT2D eigenvalue weighted by Gasteiger charge is -2.20. The zero-order chi connectivity index (χ0) is 11.0. The summed E-state index contributed by atoms with van der Waals surface area (Å²) in [4.78, 5) is 4.81. The Kier molecular flexibility index (Phi) is 2.72. The first-order valence-electron chi connectivity index (χ1n) is 6.68. The van der Waals surface area contributed by atoms with Gasteiger partial charge in [0.05, 0.1) is 11.9 Å². The summed E-state index contributed by atoms with van der Waals surface area (Å²) in [6.45, 7) is 0. The second-order valence-electron chi connectivity index (χ2n) is 5.28. The van der Waals surface area contributed by atoms with Crippen LogP contribution in [0.3, 0.4) is 0 Å². The van der Waals surface area contributed by atoms with Gasteiger partial charge < -0.3 is 10.3 Å². The minimum absolute atomic E-state index is 0.175. The molecule has 1 atom stereocenters. The van der Waals surface area contributed by atoms with E-state index >= 15 is 0 Å². The van der Waals surface area contributed by atoms with Gasteiger partial charge in [-0.15, -0.1) is 0 Å². The largest absolute Gasteiger partial charge is 0.319 e. The Morgan fingerprint density at radius 2 is 1.94 bits per heavy atom. The van der Waals surface area contributed by atoms with E-state index in [1.165, 1.54) is 50.0 Å². The van der Waals surface area contributed by atoms with E-state index in [-0.39, 0.29) is 6.17 Å². The standard InChI is InChI=1S/C13H21N3/c14-12-7-4-8-13-15-11(9-16(12)13)10-5-2-1-3-6-10/h9-10,12H,1-8,14H2. The molecule has 0 saturated heterocycles. The lowest BCUT2D eigenvalue weighted by molar-refractivity contribution is 0.408. The van der Waals surface area contributed by atoms with Crippen LogP contribution in [-0.4, -0.2) is 9.55 Å². The molecule has 1 fully saturated rings. The summed E-state index contributed by atoms with van der Waals surface area (Å²) in [6, 6.07) is 0. The average Bonchev–Trinajstić information content (AvgIpc) is 2.76. The molecule has 2 N–H and O–H groups in total. The highest BCUT2D eigenvalue weighted by atomic mass is 15.2. The molecule has 0 radical (unpaired) electrons. The number of hydrogen-bond donors (Lipinski definition) is 1. The number of aryl methyl sites for hydroxylation is 1. The van der Waals surface area contributed by atoms with Gasteiger partial charge in [0.2, 0.25) is 0 Å². The van der Waals surface area contributed by atoms with Crippen LogP contribution in [0.25, 0.3) is 0 Å². The minimum atomic E-state index is 0.175. The van der Waals surface area contributed by atoms with Crippen molar-refractivity contribution in [2.24, 2.45) is 5.73 Å². The van der Waals surface area contributed by atoms with Crippen LogP contribution in [0.4, 0.5) is 0 Å². The molecule has 16 heavy (non-hydrogen) atoms. The molecular weight excluding hydrogens is 198 g/mol. The van der Waals surface area contributed by atoms with E-state index in [0.717, 1.165) is 12.8 Å². The molecule has 1 aromatic rings. The van der Waals surface area contributed by atoms with Crippen LogP contribution in [-0.2, 0) is 6.42 Å². The van der Waals surface area contributed by atoms with E-state index in [4.69, 9.17) is 10.7 Å². The third-order valence-electron chi connectivity index (χ3n) is 4.11. The van der Waals surface area contributed by atoms with Crippen molar-refractivity contribution < 1.29 is 0 Å². The molecule has 0 spiro atoms. The molecule has 0 amide bonds. The lowest BCUT2D eigenvalue weighted by atomic mass is 9.87. The molecule has 2 aliphatic rings. The summed E-state index contributed by atoms with van der Waals surface area (Å²) in [5.41, 5.74) is 7.42. The van der Waals surface area contributed by atoms with Gasteiger partial charge in [-0.05, 0) is 25.7 Å². The number of rotatable bonds is 1. The molecule has 3 nitrogen and oxygen atoms in total. The molecule has 1 saturated carbocycles. The predicted octanol–water partition coefficient (Wildman–Crippen LogP) is 2.72. The third kappa shape index (κ3) is 1.77. The van der Waals surface area contributed by atoms with E-state index in [1.807, 2.05) is 0 Å². The van der Waals surface area contributed by atoms with Crippen molar-refractivity contribution >= 4 is 0 Å². The summed E-state index contributed by atoms with van der Waals surface area (Å²) < 4.78 is 2.22. The zero-order valence-corrected chi connectivity index (χ0v) is 9.86. The topological polar surface area (TPSA) is 43.8 Å². The van der Waals surface area contributed by atoms with Gasteiger partial charge in [-0.3, -0.25) is 0 Å². The number of imidazole rings is 1. The van der Waals surface area contributed by atoms with Crippen LogP contribution in [0.15, 0.2) is 6.20 Å². The Morgan fingerprint density at radius 1 is 1.12 bits per heavy atom. The quantitative estimate of drug-likeness (QED) is 0.789. The lowest BCUT2D eigenvalue weighted by Crippen LogP contribution is -2.24. The Morgan fingerprint density at radius 3 is 2.69 bits per heavy atom. The van der Waals surface area contributed by atoms with Gasteiger partial charge in [-0.25, -0.2) is 4.98 Å². The van der Waals surface area contributed by atoms with Crippen LogP contribution < -0.4 is 5.73 Å². The maximum Gasteiger partial charge on any atom is 0.110 e. The average molecular weight is 219 g/mol. The van der Waals surface area contributed by atoms with Crippen molar-refractivity contribution in [2.75, 3.05) is 0 Å². The van der Waals surface area contributed by atoms with Crippen LogP contribution in [0.1, 0.15) is 68.5 Å². The molecular formula is C13H21N3. The first-order valence-corrected chi connectivity index (χ1v) is 6.68. The number of fused-ring (bicyclic) bond motifs is 1. The maximum atomic E-state index is 6.11. The number of hydrogen-bond acceptors (Lipinski definition) is 2. The fraction of sp³-hybridized carbons (Fsp3) is 0.769. The summed E-state index contributed by atoms with van der Waals surface area (Å²) in [7, 11) is 0. The Bertz CT molecular complexity index is 363. The monoisotopic (exact) mass is 219 g/mol. The van der Waals surface area contributed by atoms with Crippen molar-refractivity contribution in [3.8, 4) is 0 Å². The Balaban J connectivity index is 1.85. The van der Waals surface area contributed by atoms with Gasteiger partial charge in [0.1, 0.15) is 5.82 Å². The smallest absolute Gasteiger partial charge is 0.110 e. The molecule has 3 rings (SSSR count). The molecule has 3 heteroatoms. The molecule has 1 aliphatic carbocycles. The molecule has 1 unspecified atom stereocenters. The highest BCUT2D eigenvalue weighted by Crippen LogP contribution is 2.33. The van der Waals surface area contributed by atoms with E-state index in [2.05, 4.69) is 10.8 Å². The minimum Gasteiger partial charge on any atom is -0.319 e. The first-order chi connectivity index (χ1) is 7.84. The normalized spacial score (nSPS) is 26.7. The fourth-order valence-electron chi connectivity index (χ4n) is 3.13. The van der Waals surface area contributed by atoms with Crippen LogP contribution >= 0.6 is 0 Å². The van der Waals surface area contributed by atoms with Gasteiger partial charge >= 0.3 is 0 Å².